The van der Waals surface area contributed by atoms with Crippen molar-refractivity contribution in [1.29, 1.82) is 0 Å². The van der Waals surface area contributed by atoms with E-state index in [1.807, 2.05) is 6.20 Å². The van der Waals surface area contributed by atoms with Gasteiger partial charge in [-0.05, 0) is 33.0 Å². The Labute approximate surface area is 118 Å². The molecule has 2 aliphatic heterocycles. The fourth-order valence-corrected chi connectivity index (χ4v) is 3.21. The predicted octanol–water partition coefficient (Wildman–Crippen LogP) is 1.14. The number of rotatable bonds is 2. The van der Waals surface area contributed by atoms with E-state index in [9.17, 15) is 0 Å². The molecular formula is C14H20N6. The first-order chi connectivity index (χ1) is 9.81. The molecule has 4 rings (SSSR count). The van der Waals surface area contributed by atoms with Crippen molar-refractivity contribution in [3.63, 3.8) is 0 Å². The lowest BCUT2D eigenvalue weighted by molar-refractivity contribution is 0.212. The number of H-pyrrole nitrogens is 1. The van der Waals surface area contributed by atoms with Gasteiger partial charge in [0.15, 0.2) is 0 Å². The minimum absolute atomic E-state index is 0.532. The molecule has 0 saturated carbocycles. The van der Waals surface area contributed by atoms with Crippen LogP contribution in [0.4, 0.5) is 0 Å². The van der Waals surface area contributed by atoms with E-state index in [4.69, 9.17) is 0 Å². The maximum atomic E-state index is 4.57. The predicted molar refractivity (Wildman–Crippen MR) is 76.1 cm³/mol. The molecule has 0 spiro atoms. The molecule has 4 heterocycles. The first-order valence-electron chi connectivity index (χ1n) is 7.31. The van der Waals surface area contributed by atoms with Gasteiger partial charge in [-0.1, -0.05) is 0 Å². The van der Waals surface area contributed by atoms with Crippen LogP contribution in [0.5, 0.6) is 0 Å². The van der Waals surface area contributed by atoms with Gasteiger partial charge in [-0.25, -0.2) is 0 Å². The molecule has 0 amide bonds. The normalized spacial score (nSPS) is 20.4. The van der Waals surface area contributed by atoms with Crippen molar-refractivity contribution in [2.45, 2.75) is 32.0 Å². The Morgan fingerprint density at radius 2 is 2.10 bits per heavy atom. The molecule has 0 atom stereocenters. The van der Waals surface area contributed by atoms with E-state index in [2.05, 4.69) is 43.4 Å². The van der Waals surface area contributed by atoms with E-state index in [0.717, 1.165) is 37.4 Å². The molecule has 6 nitrogen and oxygen atoms in total. The Hall–Kier alpha value is -1.66. The molecule has 1 saturated heterocycles. The summed E-state index contributed by atoms with van der Waals surface area (Å²) in [5.41, 5.74) is 4.70. The van der Waals surface area contributed by atoms with E-state index >= 15 is 0 Å². The van der Waals surface area contributed by atoms with Crippen LogP contribution < -0.4 is 5.32 Å². The number of piperidine rings is 1. The van der Waals surface area contributed by atoms with Crippen molar-refractivity contribution in [2.75, 3.05) is 20.1 Å². The maximum absolute atomic E-state index is 4.57. The van der Waals surface area contributed by atoms with E-state index in [1.165, 1.54) is 24.1 Å². The van der Waals surface area contributed by atoms with Crippen LogP contribution in [0.3, 0.4) is 0 Å². The van der Waals surface area contributed by atoms with Crippen LogP contribution in [-0.4, -0.2) is 45.0 Å². The van der Waals surface area contributed by atoms with Gasteiger partial charge in [0.25, 0.3) is 0 Å². The van der Waals surface area contributed by atoms with Crippen LogP contribution in [0.2, 0.25) is 0 Å². The number of hydrogen-bond acceptors (Lipinski definition) is 4. The van der Waals surface area contributed by atoms with Gasteiger partial charge < -0.3 is 10.2 Å². The number of aromatic amines is 1. The summed E-state index contributed by atoms with van der Waals surface area (Å²) in [6.07, 6.45) is 6.47. The molecule has 6 heteroatoms. The number of hydrogen-bond donors (Lipinski definition) is 2. The molecule has 0 aliphatic carbocycles. The number of aromatic nitrogens is 4. The van der Waals surface area contributed by atoms with Crippen molar-refractivity contribution in [1.82, 2.24) is 30.2 Å². The lowest BCUT2D eigenvalue weighted by Gasteiger charge is -2.28. The van der Waals surface area contributed by atoms with Crippen LogP contribution in [0, 0.1) is 0 Å². The second-order valence-corrected chi connectivity index (χ2v) is 5.88. The van der Waals surface area contributed by atoms with Gasteiger partial charge in [0.1, 0.15) is 5.69 Å². The molecule has 0 radical (unpaired) electrons. The minimum Gasteiger partial charge on any atom is -0.307 e. The second-order valence-electron chi connectivity index (χ2n) is 5.88. The number of fused-ring (bicyclic) bond motifs is 1. The lowest BCUT2D eigenvalue weighted by atomic mass is 10.1. The van der Waals surface area contributed by atoms with Crippen LogP contribution >= 0.6 is 0 Å². The molecule has 106 valence electrons. The maximum Gasteiger partial charge on any atom is 0.100 e. The molecule has 2 N–H and O–H groups in total. The molecule has 1 fully saturated rings. The zero-order valence-electron chi connectivity index (χ0n) is 11.8. The van der Waals surface area contributed by atoms with E-state index in [0.29, 0.717) is 6.04 Å². The van der Waals surface area contributed by atoms with Crippen LogP contribution in [0.15, 0.2) is 12.4 Å². The summed E-state index contributed by atoms with van der Waals surface area (Å²) in [5, 5.41) is 15.5. The molecule has 2 aromatic heterocycles. The summed E-state index contributed by atoms with van der Waals surface area (Å²) in [6, 6.07) is 0.532. The van der Waals surface area contributed by atoms with Crippen molar-refractivity contribution in [3.05, 3.63) is 23.7 Å². The summed E-state index contributed by atoms with van der Waals surface area (Å²) in [4.78, 5) is 2.38. The second kappa shape index (κ2) is 4.71. The molecular weight excluding hydrogens is 252 g/mol. The number of nitrogens with zero attached hydrogens (tertiary/aromatic N) is 4. The average Bonchev–Trinajstić information content (AvgIpc) is 3.15. The molecule has 0 unspecified atom stereocenters. The summed E-state index contributed by atoms with van der Waals surface area (Å²) in [6.45, 7) is 4.11. The molecule has 0 aromatic carbocycles. The van der Waals surface area contributed by atoms with Gasteiger partial charge in [0.2, 0.25) is 0 Å². The van der Waals surface area contributed by atoms with E-state index < -0.39 is 0 Å². The fraction of sp³-hybridized carbons (Fsp3) is 0.571. The highest BCUT2D eigenvalue weighted by molar-refractivity contribution is 5.63. The Morgan fingerprint density at radius 3 is 2.95 bits per heavy atom. The number of nitrogens with one attached hydrogen (secondary N) is 2. The topological polar surface area (TPSA) is 61.8 Å². The summed E-state index contributed by atoms with van der Waals surface area (Å²) in [7, 11) is 2.19. The third-order valence-electron chi connectivity index (χ3n) is 4.49. The van der Waals surface area contributed by atoms with E-state index in [-0.39, 0.29) is 0 Å². The third kappa shape index (κ3) is 1.96. The summed E-state index contributed by atoms with van der Waals surface area (Å²) in [5.74, 6) is 0. The van der Waals surface area contributed by atoms with Crippen molar-refractivity contribution in [3.8, 4) is 11.3 Å². The highest BCUT2D eigenvalue weighted by atomic mass is 15.3. The average molecular weight is 272 g/mol. The first-order valence-corrected chi connectivity index (χ1v) is 7.31. The van der Waals surface area contributed by atoms with Crippen LogP contribution in [-0.2, 0) is 13.1 Å². The van der Waals surface area contributed by atoms with E-state index in [1.54, 1.807) is 0 Å². The zero-order valence-corrected chi connectivity index (χ0v) is 11.8. The van der Waals surface area contributed by atoms with Crippen molar-refractivity contribution < 1.29 is 0 Å². The first kappa shape index (κ1) is 12.1. The smallest absolute Gasteiger partial charge is 0.100 e. The Balaban J connectivity index is 1.58. The highest BCUT2D eigenvalue weighted by Crippen LogP contribution is 2.28. The van der Waals surface area contributed by atoms with Crippen molar-refractivity contribution in [2.24, 2.45) is 0 Å². The Morgan fingerprint density at radius 1 is 1.25 bits per heavy atom. The Kier molecular flexibility index (Phi) is 2.85. The highest BCUT2D eigenvalue weighted by Gasteiger charge is 2.22. The van der Waals surface area contributed by atoms with Crippen LogP contribution in [0.25, 0.3) is 11.3 Å². The fourth-order valence-electron chi connectivity index (χ4n) is 3.21. The Bertz CT molecular complexity index is 605. The van der Waals surface area contributed by atoms with Gasteiger partial charge in [-0.15, -0.1) is 0 Å². The van der Waals surface area contributed by atoms with Gasteiger partial charge in [0.05, 0.1) is 17.9 Å². The SMILES string of the molecule is CN1CCC(n2cc(-c3n[nH]c4c3CNC4)cn2)CC1. The molecule has 2 aliphatic rings. The van der Waals surface area contributed by atoms with Crippen LogP contribution in [0.1, 0.15) is 30.1 Å². The monoisotopic (exact) mass is 272 g/mol. The summed E-state index contributed by atoms with van der Waals surface area (Å²) >= 11 is 0. The zero-order chi connectivity index (χ0) is 13.5. The minimum atomic E-state index is 0.532. The van der Waals surface area contributed by atoms with Gasteiger partial charge >= 0.3 is 0 Å². The molecule has 2 aromatic rings. The standard InChI is InChI=1S/C14H20N6/c1-19-4-2-11(3-5-19)20-9-10(6-16-20)14-12-7-15-8-13(12)17-18-14/h6,9,11,15H,2-5,7-8H2,1H3,(H,17,18). The van der Waals surface area contributed by atoms with Gasteiger partial charge in [0, 0.05) is 30.4 Å². The summed E-state index contributed by atoms with van der Waals surface area (Å²) < 4.78 is 2.13. The van der Waals surface area contributed by atoms with Gasteiger partial charge in [-0.2, -0.15) is 10.2 Å². The molecule has 0 bridgehead atoms. The van der Waals surface area contributed by atoms with Crippen molar-refractivity contribution >= 4 is 0 Å². The molecule has 20 heavy (non-hydrogen) atoms. The lowest BCUT2D eigenvalue weighted by Crippen LogP contribution is -2.31. The largest absolute Gasteiger partial charge is 0.307 e. The number of likely N-dealkylation sites (tertiary alicyclic amines) is 1. The third-order valence-corrected chi connectivity index (χ3v) is 4.49. The van der Waals surface area contributed by atoms with Gasteiger partial charge in [-0.3, -0.25) is 9.78 Å². The quantitative estimate of drug-likeness (QED) is 0.860.